The van der Waals surface area contributed by atoms with Crippen LogP contribution in [-0.4, -0.2) is 23.6 Å². The van der Waals surface area contributed by atoms with Gasteiger partial charge in [-0.3, -0.25) is 0 Å². The van der Waals surface area contributed by atoms with Gasteiger partial charge in [0.1, 0.15) is 0 Å². The molecule has 366 valence electrons. The largest absolute Gasteiger partial charge is 0.0617 e. The van der Waals surface area contributed by atoms with Gasteiger partial charge >= 0.3 is 393 Å². The van der Waals surface area contributed by atoms with Crippen LogP contribution < -0.4 is 0 Å². The second kappa shape index (κ2) is 17.4. The Kier molecular flexibility index (Phi) is 9.76. The van der Waals surface area contributed by atoms with Gasteiger partial charge in [0.2, 0.25) is 0 Å². The van der Waals surface area contributed by atoms with Crippen molar-refractivity contribution in [1.29, 1.82) is 0 Å². The van der Waals surface area contributed by atoms with Crippen molar-refractivity contribution in [2.75, 3.05) is 0 Å². The summed E-state index contributed by atoms with van der Waals surface area (Å²) < 4.78 is 7.92. The summed E-state index contributed by atoms with van der Waals surface area (Å²) in [6.07, 6.45) is 0. The normalized spacial score (nSPS) is 12.1. The quantitative estimate of drug-likeness (QED) is 0.116. The van der Waals surface area contributed by atoms with Crippen molar-refractivity contribution in [2.45, 2.75) is 0 Å². The van der Waals surface area contributed by atoms with Gasteiger partial charge in [-0.15, -0.1) is 0 Å². The molecule has 0 saturated carbocycles. The van der Waals surface area contributed by atoms with E-state index in [0.29, 0.717) is 0 Å². The predicted molar refractivity (Wildman–Crippen MR) is 339 cm³/mol. The second-order valence-corrected chi connectivity index (χ2v) is 23.3. The van der Waals surface area contributed by atoms with Gasteiger partial charge in [0.05, 0.1) is 0 Å². The van der Waals surface area contributed by atoms with Crippen LogP contribution in [0.5, 0.6) is 0 Å². The van der Waals surface area contributed by atoms with E-state index in [4.69, 9.17) is 0 Å². The zero-order valence-electron chi connectivity index (χ0n) is 42.9. The minimum absolute atomic E-state index is 0.0942. The average molecular weight is 1070 g/mol. The van der Waals surface area contributed by atoms with Gasteiger partial charge < -0.3 is 0 Å². The molecule has 0 atom stereocenters. The third-order valence-electron chi connectivity index (χ3n) is 16.9. The fourth-order valence-corrected chi connectivity index (χ4v) is 16.0. The van der Waals surface area contributed by atoms with E-state index in [-0.39, 0.29) is 14.5 Å². The van der Waals surface area contributed by atoms with Gasteiger partial charge in [-0.1, -0.05) is 60.7 Å². The number of fused-ring (bicyclic) bond motifs is 13. The molecule has 17 rings (SSSR count). The third-order valence-corrected chi connectivity index (χ3v) is 19.2. The predicted octanol–water partition coefficient (Wildman–Crippen LogP) is 20.5. The minimum atomic E-state index is 0.0942. The van der Waals surface area contributed by atoms with Crippen LogP contribution in [0.4, 0.5) is 0 Å². The second-order valence-electron chi connectivity index (χ2n) is 21.0. The summed E-state index contributed by atoms with van der Waals surface area (Å²) >= 11 is 0.0942. The molecule has 0 spiro atoms. The van der Waals surface area contributed by atoms with Crippen LogP contribution in [0, 0.1) is 0 Å². The average Bonchev–Trinajstić information content (AvgIpc) is 4.34. The van der Waals surface area contributed by atoms with Crippen molar-refractivity contribution in [3.05, 3.63) is 279 Å². The van der Waals surface area contributed by atoms with Crippen molar-refractivity contribution in [3.63, 3.8) is 0 Å². The van der Waals surface area contributed by atoms with Gasteiger partial charge in [0.25, 0.3) is 0 Å². The molecule has 0 amide bonds. The van der Waals surface area contributed by atoms with Crippen LogP contribution in [0.1, 0.15) is 0 Å². The summed E-state index contributed by atoms with van der Waals surface area (Å²) in [5.74, 6) is 0. The van der Waals surface area contributed by atoms with E-state index in [0.717, 1.165) is 0 Å². The summed E-state index contributed by atoms with van der Waals surface area (Å²) in [5, 5.41) is 17.7. The molecule has 0 bridgehead atoms. The summed E-state index contributed by atoms with van der Waals surface area (Å²) in [4.78, 5) is 0. The zero-order valence-corrected chi connectivity index (χ0v) is 44.6. The van der Waals surface area contributed by atoms with Crippen LogP contribution in [0.25, 0.3) is 162 Å². The van der Waals surface area contributed by atoms with E-state index in [1.807, 2.05) is 0 Å². The molecule has 0 aliphatic heterocycles. The monoisotopic (exact) mass is 1070 g/mol. The van der Waals surface area contributed by atoms with Crippen LogP contribution in [-0.2, 0) is 0 Å². The van der Waals surface area contributed by atoms with Gasteiger partial charge in [0.15, 0.2) is 0 Å². The fraction of sp³-hybridized carbons (Fsp3) is 0. The van der Waals surface area contributed by atoms with E-state index < -0.39 is 0 Å². The summed E-state index contributed by atoms with van der Waals surface area (Å²) in [5.41, 5.74) is 17.3. The minimum Gasteiger partial charge on any atom is -0.0617 e. The summed E-state index contributed by atoms with van der Waals surface area (Å²) in [6.45, 7) is 0. The zero-order chi connectivity index (χ0) is 51.7. The first-order valence-electron chi connectivity index (χ1n) is 27.2. The number of hydrogen-bond donors (Lipinski definition) is 0. The van der Waals surface area contributed by atoms with Gasteiger partial charge in [-0.05, 0) is 11.1 Å². The first-order chi connectivity index (χ1) is 39.2. The van der Waals surface area contributed by atoms with Crippen LogP contribution >= 0.6 is 0 Å². The first kappa shape index (κ1) is 44.4. The third kappa shape index (κ3) is 6.58. The van der Waals surface area contributed by atoms with Gasteiger partial charge in [-0.2, -0.15) is 0 Å². The number of hydrogen-bond acceptors (Lipinski definition) is 0. The van der Waals surface area contributed by atoms with Crippen molar-refractivity contribution < 1.29 is 0 Å². The van der Waals surface area contributed by atoms with Crippen LogP contribution in [0.3, 0.4) is 0 Å². The number of benzene rings is 14. The van der Waals surface area contributed by atoms with Crippen molar-refractivity contribution in [1.82, 2.24) is 9.13 Å². The maximum Gasteiger partial charge on any atom is -0.0544 e. The molecule has 3 heterocycles. The first-order valence-corrected chi connectivity index (χ1v) is 29.0. The fourth-order valence-electron chi connectivity index (χ4n) is 13.5. The molecule has 3 aromatic heterocycles. The van der Waals surface area contributed by atoms with E-state index in [2.05, 4.69) is 288 Å². The van der Waals surface area contributed by atoms with E-state index >= 15 is 0 Å². The maximum absolute atomic E-state index is 2.54. The Morgan fingerprint density at radius 3 is 1.09 bits per heavy atom. The Labute approximate surface area is 461 Å². The molecule has 0 radical (unpaired) electrons. The molecule has 3 heteroatoms. The molecule has 17 aromatic rings. The van der Waals surface area contributed by atoms with E-state index in [1.54, 1.807) is 0 Å². The molecule has 79 heavy (non-hydrogen) atoms. The van der Waals surface area contributed by atoms with Crippen molar-refractivity contribution in [3.8, 4) is 55.9 Å². The number of para-hydroxylation sites is 2. The standard InChI is InChI=1S/C76H46N2Se/c1-3-20-47(21-4-1)49-39-42-68-64(44-49)52-24-15-17-35-66(52)77(68)75-58-30-11-7-26-54(58)72(55-27-8-12-31-59(55)75)51-38-41-62-71(46-51)79-70-37-19-34-63(74(62)70)73-56-28-9-13-32-60(56)76(61-33-14-10-29-57(61)73)78-67-36-18-16-25-53(67)65-45-50(40-43-69(65)78)48-22-5-2-6-23-48/h1-46H. The topological polar surface area (TPSA) is 9.86 Å². The van der Waals surface area contributed by atoms with Crippen molar-refractivity contribution in [2.24, 2.45) is 0 Å². The molecule has 0 fully saturated rings. The number of rotatable bonds is 6. The van der Waals surface area contributed by atoms with E-state index in [1.165, 1.54) is 162 Å². The maximum atomic E-state index is 2.54. The molecule has 0 N–H and O–H groups in total. The SMILES string of the molecule is c1ccc(-c2ccc3c(c2)c2ccccc2n3-c2c3ccccc3c(-c3ccc4c(c3)[se]c3cccc(-c5c6ccccc6c(-n6c7ccccc7c7cc(-c8ccccc8)ccc76)c6ccccc56)c34)c3ccccc23)cc1. The summed E-state index contributed by atoms with van der Waals surface area (Å²) in [7, 11) is 0. The molecule has 0 aliphatic rings. The number of aromatic nitrogens is 2. The Morgan fingerprint density at radius 2 is 0.608 bits per heavy atom. The van der Waals surface area contributed by atoms with Crippen molar-refractivity contribution >= 4 is 120 Å². The van der Waals surface area contributed by atoms with Gasteiger partial charge in [0, 0.05) is 0 Å². The smallest absolute Gasteiger partial charge is 0.0544 e. The Bertz CT molecular complexity index is 5250. The molecule has 0 saturated heterocycles. The molecule has 0 unspecified atom stereocenters. The summed E-state index contributed by atoms with van der Waals surface area (Å²) in [6, 6.07) is 104. The Balaban J connectivity index is 0.865. The van der Waals surface area contributed by atoms with Gasteiger partial charge in [-0.25, -0.2) is 0 Å². The van der Waals surface area contributed by atoms with Crippen LogP contribution in [0.2, 0.25) is 0 Å². The molecule has 2 nitrogen and oxygen atoms in total. The molecule has 0 aliphatic carbocycles. The Hall–Kier alpha value is -9.76. The Morgan fingerprint density at radius 1 is 0.215 bits per heavy atom. The van der Waals surface area contributed by atoms with Crippen LogP contribution in [0.15, 0.2) is 279 Å². The molecule has 14 aromatic carbocycles. The molecular weight excluding hydrogens is 1020 g/mol. The number of nitrogens with zero attached hydrogens (tertiary/aromatic N) is 2. The molecular formula is C76H46N2Se. The van der Waals surface area contributed by atoms with E-state index in [9.17, 15) is 0 Å².